The van der Waals surface area contributed by atoms with Gasteiger partial charge < -0.3 is 19.9 Å². The van der Waals surface area contributed by atoms with Crippen LogP contribution >= 0.6 is 15.9 Å². The number of aryl methyl sites for hydroxylation is 1. The van der Waals surface area contributed by atoms with Crippen molar-refractivity contribution in [1.82, 2.24) is 5.32 Å². The van der Waals surface area contributed by atoms with Crippen LogP contribution in [0.2, 0.25) is 0 Å². The Balaban J connectivity index is 2.27. The largest absolute Gasteiger partial charge is 0.490 e. The molecule has 0 amide bonds. The molecule has 1 aromatic rings. The molecule has 0 aromatic heterocycles. The first kappa shape index (κ1) is 15.4. The summed E-state index contributed by atoms with van der Waals surface area (Å²) < 4.78 is 11.3. The quantitative estimate of drug-likeness (QED) is 0.717. The van der Waals surface area contributed by atoms with Crippen molar-refractivity contribution in [3.8, 4) is 5.75 Å². The van der Waals surface area contributed by atoms with E-state index in [0.29, 0.717) is 13.2 Å². The van der Waals surface area contributed by atoms with Crippen molar-refractivity contribution >= 4 is 15.9 Å². The van der Waals surface area contributed by atoms with Crippen LogP contribution in [0.4, 0.5) is 0 Å². The van der Waals surface area contributed by atoms with E-state index < -0.39 is 6.10 Å². The lowest BCUT2D eigenvalue weighted by molar-refractivity contribution is 0.103. The van der Waals surface area contributed by atoms with Gasteiger partial charge in [-0.15, -0.1) is 0 Å². The molecule has 0 radical (unpaired) electrons. The molecule has 5 heteroatoms. The van der Waals surface area contributed by atoms with Crippen LogP contribution in [0.1, 0.15) is 5.56 Å². The number of benzene rings is 1. The zero-order valence-electron chi connectivity index (χ0n) is 10.8. The second-order valence-corrected chi connectivity index (χ2v) is 4.95. The monoisotopic (exact) mass is 317 g/mol. The fraction of sp³-hybridized carbons (Fsp3) is 0.538. The highest BCUT2D eigenvalue weighted by Gasteiger charge is 2.06. The Morgan fingerprint density at radius 1 is 1.44 bits per heavy atom. The highest BCUT2D eigenvalue weighted by molar-refractivity contribution is 9.10. The zero-order valence-corrected chi connectivity index (χ0v) is 12.4. The van der Waals surface area contributed by atoms with Crippen molar-refractivity contribution in [3.63, 3.8) is 0 Å². The number of ether oxygens (including phenoxy) is 2. The average molecular weight is 318 g/mol. The average Bonchev–Trinajstić information content (AvgIpc) is 2.33. The maximum atomic E-state index is 9.71. The van der Waals surface area contributed by atoms with Gasteiger partial charge in [-0.05, 0) is 40.5 Å². The molecule has 1 atom stereocenters. The van der Waals surface area contributed by atoms with Gasteiger partial charge in [0.15, 0.2) is 0 Å². The summed E-state index contributed by atoms with van der Waals surface area (Å²) >= 11 is 3.43. The van der Waals surface area contributed by atoms with Crippen molar-refractivity contribution in [3.05, 3.63) is 28.2 Å². The molecule has 0 heterocycles. The SMILES string of the molecule is COCCNC[C@H](O)COc1ccc(C)cc1Br. The molecule has 0 fully saturated rings. The maximum absolute atomic E-state index is 9.71. The maximum Gasteiger partial charge on any atom is 0.133 e. The number of aliphatic hydroxyl groups excluding tert-OH is 1. The van der Waals surface area contributed by atoms with E-state index in [0.717, 1.165) is 22.3 Å². The van der Waals surface area contributed by atoms with E-state index in [1.807, 2.05) is 25.1 Å². The third kappa shape index (κ3) is 5.82. The summed E-state index contributed by atoms with van der Waals surface area (Å²) in [6, 6.07) is 5.85. The third-order valence-corrected chi connectivity index (χ3v) is 3.00. The standard InChI is InChI=1S/C13H20BrNO3/c1-10-3-4-13(12(14)7-10)18-9-11(16)8-15-5-6-17-2/h3-4,7,11,15-16H,5-6,8-9H2,1-2H3/t11-/m0/s1. The summed E-state index contributed by atoms with van der Waals surface area (Å²) in [6.45, 7) is 4.14. The van der Waals surface area contributed by atoms with Gasteiger partial charge in [0.25, 0.3) is 0 Å². The van der Waals surface area contributed by atoms with Crippen molar-refractivity contribution in [2.45, 2.75) is 13.0 Å². The smallest absolute Gasteiger partial charge is 0.133 e. The molecular formula is C13H20BrNO3. The Morgan fingerprint density at radius 3 is 2.89 bits per heavy atom. The fourth-order valence-corrected chi connectivity index (χ4v) is 2.02. The van der Waals surface area contributed by atoms with Crippen molar-refractivity contribution in [2.24, 2.45) is 0 Å². The second-order valence-electron chi connectivity index (χ2n) is 4.10. The van der Waals surface area contributed by atoms with Gasteiger partial charge in [-0.2, -0.15) is 0 Å². The predicted molar refractivity (Wildman–Crippen MR) is 75.1 cm³/mol. The molecule has 1 rings (SSSR count). The summed E-state index contributed by atoms with van der Waals surface area (Å²) in [5.74, 6) is 0.747. The van der Waals surface area contributed by atoms with E-state index in [-0.39, 0.29) is 6.61 Å². The van der Waals surface area contributed by atoms with Gasteiger partial charge in [-0.3, -0.25) is 0 Å². The normalized spacial score (nSPS) is 12.4. The van der Waals surface area contributed by atoms with Gasteiger partial charge in [0.05, 0.1) is 11.1 Å². The molecule has 0 bridgehead atoms. The first-order valence-corrected chi connectivity index (χ1v) is 6.69. The third-order valence-electron chi connectivity index (χ3n) is 2.38. The van der Waals surface area contributed by atoms with E-state index in [1.54, 1.807) is 7.11 Å². The Morgan fingerprint density at radius 2 is 2.22 bits per heavy atom. The van der Waals surface area contributed by atoms with Crippen LogP contribution in [0.5, 0.6) is 5.75 Å². The Hall–Kier alpha value is -0.620. The Bertz CT molecular complexity index is 360. The number of nitrogens with one attached hydrogen (secondary N) is 1. The van der Waals surface area contributed by atoms with Crippen molar-refractivity contribution in [1.29, 1.82) is 0 Å². The van der Waals surface area contributed by atoms with Crippen LogP contribution in [0.15, 0.2) is 22.7 Å². The van der Waals surface area contributed by atoms with Gasteiger partial charge in [-0.1, -0.05) is 6.07 Å². The lowest BCUT2D eigenvalue weighted by Crippen LogP contribution is -2.33. The van der Waals surface area contributed by atoms with Gasteiger partial charge in [-0.25, -0.2) is 0 Å². The first-order chi connectivity index (χ1) is 8.63. The number of aliphatic hydroxyl groups is 1. The lowest BCUT2D eigenvalue weighted by atomic mass is 10.2. The van der Waals surface area contributed by atoms with Gasteiger partial charge in [0.1, 0.15) is 18.5 Å². The van der Waals surface area contributed by atoms with Gasteiger partial charge in [0, 0.05) is 20.2 Å². The van der Waals surface area contributed by atoms with Crippen LogP contribution in [-0.4, -0.2) is 44.6 Å². The van der Waals surface area contributed by atoms with Crippen LogP contribution in [0.3, 0.4) is 0 Å². The first-order valence-electron chi connectivity index (χ1n) is 5.90. The minimum atomic E-state index is -0.532. The number of halogens is 1. The Labute approximate surface area is 116 Å². The second kappa shape index (κ2) is 8.48. The molecule has 0 saturated heterocycles. The molecule has 2 N–H and O–H groups in total. The molecule has 0 unspecified atom stereocenters. The summed E-state index contributed by atoms with van der Waals surface area (Å²) in [5, 5.41) is 12.8. The van der Waals surface area contributed by atoms with Crippen molar-refractivity contribution in [2.75, 3.05) is 33.4 Å². The van der Waals surface area contributed by atoms with Gasteiger partial charge >= 0.3 is 0 Å². The van der Waals surface area contributed by atoms with Crippen molar-refractivity contribution < 1.29 is 14.6 Å². The topological polar surface area (TPSA) is 50.7 Å². The number of hydrogen-bond acceptors (Lipinski definition) is 4. The number of hydrogen-bond donors (Lipinski definition) is 2. The van der Waals surface area contributed by atoms with Crippen LogP contribution in [0, 0.1) is 6.92 Å². The molecule has 0 aliphatic rings. The van der Waals surface area contributed by atoms with E-state index in [2.05, 4.69) is 21.2 Å². The van der Waals surface area contributed by atoms with E-state index >= 15 is 0 Å². The molecule has 4 nitrogen and oxygen atoms in total. The number of methoxy groups -OCH3 is 1. The van der Waals surface area contributed by atoms with E-state index in [9.17, 15) is 5.11 Å². The Kier molecular flexibility index (Phi) is 7.27. The van der Waals surface area contributed by atoms with Crippen LogP contribution < -0.4 is 10.1 Å². The molecule has 0 saturated carbocycles. The summed E-state index contributed by atoms with van der Waals surface area (Å²) in [6.07, 6.45) is -0.532. The molecule has 1 aromatic carbocycles. The molecule has 0 aliphatic carbocycles. The minimum absolute atomic E-state index is 0.266. The minimum Gasteiger partial charge on any atom is -0.490 e. The predicted octanol–water partition coefficient (Wildman–Crippen LogP) is 1.73. The number of rotatable bonds is 8. The fourth-order valence-electron chi connectivity index (χ4n) is 1.41. The zero-order chi connectivity index (χ0) is 13.4. The summed E-state index contributed by atoms with van der Waals surface area (Å²) in [5.41, 5.74) is 1.16. The molecule has 0 spiro atoms. The molecule has 18 heavy (non-hydrogen) atoms. The molecule has 102 valence electrons. The van der Waals surface area contributed by atoms with E-state index in [4.69, 9.17) is 9.47 Å². The molecular weight excluding hydrogens is 298 g/mol. The van der Waals surface area contributed by atoms with E-state index in [1.165, 1.54) is 0 Å². The van der Waals surface area contributed by atoms with Crippen LogP contribution in [0.25, 0.3) is 0 Å². The molecule has 0 aliphatic heterocycles. The van der Waals surface area contributed by atoms with Crippen LogP contribution in [-0.2, 0) is 4.74 Å². The highest BCUT2D eigenvalue weighted by Crippen LogP contribution is 2.25. The highest BCUT2D eigenvalue weighted by atomic mass is 79.9. The lowest BCUT2D eigenvalue weighted by Gasteiger charge is -2.14. The summed E-state index contributed by atoms with van der Waals surface area (Å²) in [7, 11) is 1.65. The van der Waals surface area contributed by atoms with Gasteiger partial charge in [0.2, 0.25) is 0 Å². The summed E-state index contributed by atoms with van der Waals surface area (Å²) in [4.78, 5) is 0.